The number of hydrogen-bond donors (Lipinski definition) is 1. The predicted molar refractivity (Wildman–Crippen MR) is 55.5 cm³/mol. The summed E-state index contributed by atoms with van der Waals surface area (Å²) in [5, 5.41) is 19.7. The molecule has 2 heterocycles. The van der Waals surface area contributed by atoms with Crippen molar-refractivity contribution in [2.45, 2.75) is 11.4 Å². The molecule has 0 bridgehead atoms. The minimum Gasteiger partial charge on any atom is -0.393 e. The van der Waals surface area contributed by atoms with E-state index in [1.807, 2.05) is 0 Å². The lowest BCUT2D eigenvalue weighted by molar-refractivity contribution is 0.183. The first-order valence-corrected chi connectivity index (χ1v) is 5.08. The summed E-state index contributed by atoms with van der Waals surface area (Å²) in [6.45, 7) is -0.463. The van der Waals surface area contributed by atoms with Crippen LogP contribution in [0.5, 0.6) is 0 Å². The fourth-order valence-electron chi connectivity index (χ4n) is 1.31. The van der Waals surface area contributed by atoms with Gasteiger partial charge in [0.15, 0.2) is 10.8 Å². The Bertz CT molecular complexity index is 494. The van der Waals surface area contributed by atoms with Crippen molar-refractivity contribution in [2.24, 2.45) is 0 Å². The maximum absolute atomic E-state index is 13.4. The number of nitrogens with zero attached hydrogens (tertiary/aromatic N) is 5. The molecule has 1 N–H and O–H groups in total. The Kier molecular flexibility index (Phi) is 3.30. The van der Waals surface area contributed by atoms with Crippen LogP contribution >= 0.6 is 11.6 Å². The fraction of sp³-hybridized carbons (Fsp3) is 0.333. The summed E-state index contributed by atoms with van der Waals surface area (Å²) in [6.07, 6.45) is 2.58. The third kappa shape index (κ3) is 2.40. The van der Waals surface area contributed by atoms with Crippen molar-refractivity contribution in [3.63, 3.8) is 0 Å². The van der Waals surface area contributed by atoms with Crippen molar-refractivity contribution in [1.82, 2.24) is 25.2 Å². The highest BCUT2D eigenvalue weighted by Gasteiger charge is 2.32. The van der Waals surface area contributed by atoms with Crippen LogP contribution < -0.4 is 0 Å². The van der Waals surface area contributed by atoms with E-state index < -0.39 is 17.4 Å². The number of tetrazole rings is 1. The van der Waals surface area contributed by atoms with Crippen LogP contribution in [0.15, 0.2) is 18.6 Å². The highest BCUT2D eigenvalue weighted by molar-refractivity contribution is 6.22. The molecule has 0 aromatic carbocycles. The van der Waals surface area contributed by atoms with Crippen LogP contribution in [0.4, 0.5) is 4.39 Å². The van der Waals surface area contributed by atoms with Crippen molar-refractivity contribution in [3.8, 4) is 0 Å². The van der Waals surface area contributed by atoms with E-state index in [4.69, 9.17) is 11.6 Å². The Morgan fingerprint density at radius 1 is 1.59 bits per heavy atom. The summed E-state index contributed by atoms with van der Waals surface area (Å²) in [7, 11) is 0. The van der Waals surface area contributed by atoms with Crippen molar-refractivity contribution < 1.29 is 9.50 Å². The number of aliphatic hydroxyl groups excluding tert-OH is 1. The minimum absolute atomic E-state index is 0.0563. The monoisotopic (exact) mass is 256 g/mol. The molecule has 17 heavy (non-hydrogen) atoms. The summed E-state index contributed by atoms with van der Waals surface area (Å²) in [6, 6.07) is 3.71. The average Bonchev–Trinajstić information content (AvgIpc) is 2.86. The lowest BCUT2D eigenvalue weighted by atomic mass is 10.1. The molecular weight excluding hydrogens is 249 g/mol. The van der Waals surface area contributed by atoms with E-state index in [9.17, 15) is 9.50 Å². The quantitative estimate of drug-likeness (QED) is 0.787. The zero-order valence-corrected chi connectivity index (χ0v) is 9.34. The summed E-state index contributed by atoms with van der Waals surface area (Å²) in [5.41, 5.74) is 0.0899. The molecule has 0 amide bonds. The number of aromatic nitrogens is 5. The summed E-state index contributed by atoms with van der Waals surface area (Å²) in [4.78, 5) is 2.48. The van der Waals surface area contributed by atoms with Gasteiger partial charge in [-0.15, -0.1) is 5.10 Å². The van der Waals surface area contributed by atoms with E-state index in [-0.39, 0.29) is 12.1 Å². The van der Waals surface area contributed by atoms with Gasteiger partial charge in [-0.05, 0) is 16.5 Å². The van der Waals surface area contributed by atoms with Crippen molar-refractivity contribution in [2.75, 3.05) is 6.61 Å². The van der Waals surface area contributed by atoms with Gasteiger partial charge < -0.3 is 5.11 Å². The molecule has 2 aromatic rings. The van der Waals surface area contributed by atoms with E-state index in [0.29, 0.717) is 0 Å². The first-order chi connectivity index (χ1) is 8.15. The summed E-state index contributed by atoms with van der Waals surface area (Å²) >= 11 is 6.15. The first-order valence-electron chi connectivity index (χ1n) is 4.70. The molecule has 0 aliphatic rings. The van der Waals surface area contributed by atoms with Gasteiger partial charge in [-0.25, -0.2) is 9.07 Å². The molecule has 0 aliphatic carbocycles. The molecule has 0 saturated carbocycles. The molecule has 1 atom stereocenters. The van der Waals surface area contributed by atoms with Crippen LogP contribution in [0.3, 0.4) is 0 Å². The molecule has 89 valence electrons. The van der Waals surface area contributed by atoms with Crippen LogP contribution in [0.2, 0.25) is 0 Å². The molecule has 2 aromatic heterocycles. The molecule has 6 nitrogen and oxygen atoms in total. The Balaban J connectivity index is 2.30. The van der Waals surface area contributed by atoms with Crippen LogP contribution in [0.1, 0.15) is 5.69 Å². The maximum atomic E-state index is 13.4. The highest BCUT2D eigenvalue weighted by atomic mass is 35.5. The van der Waals surface area contributed by atoms with Crippen LogP contribution in [0, 0.1) is 11.9 Å². The van der Waals surface area contributed by atoms with Crippen LogP contribution in [0.25, 0.3) is 0 Å². The Morgan fingerprint density at radius 3 is 3.00 bits per heavy atom. The molecule has 0 spiro atoms. The van der Waals surface area contributed by atoms with Gasteiger partial charge in [0.25, 0.3) is 0 Å². The van der Waals surface area contributed by atoms with Gasteiger partial charge in [-0.3, -0.25) is 4.98 Å². The highest BCUT2D eigenvalue weighted by Crippen LogP contribution is 2.25. The number of hydrogen-bond acceptors (Lipinski definition) is 5. The van der Waals surface area contributed by atoms with E-state index in [1.165, 1.54) is 18.6 Å². The second-order valence-electron chi connectivity index (χ2n) is 3.36. The molecule has 0 aliphatic heterocycles. The van der Waals surface area contributed by atoms with Crippen molar-refractivity contribution >= 4 is 11.6 Å². The van der Waals surface area contributed by atoms with Gasteiger partial charge in [0.2, 0.25) is 0 Å². The molecule has 0 fully saturated rings. The zero-order chi connectivity index (χ0) is 12.3. The Morgan fingerprint density at radius 2 is 2.41 bits per heavy atom. The fourth-order valence-corrected chi connectivity index (χ4v) is 1.52. The normalized spacial score (nSPS) is 14.5. The van der Waals surface area contributed by atoms with E-state index in [1.54, 1.807) is 0 Å². The van der Waals surface area contributed by atoms with Gasteiger partial charge in [0.05, 0.1) is 12.3 Å². The second kappa shape index (κ2) is 4.72. The number of pyridine rings is 1. The van der Waals surface area contributed by atoms with Gasteiger partial charge in [-0.2, -0.15) is 0 Å². The average molecular weight is 257 g/mol. The van der Waals surface area contributed by atoms with Gasteiger partial charge in [-0.1, -0.05) is 11.6 Å². The number of aliphatic hydroxyl groups is 1. The van der Waals surface area contributed by atoms with Gasteiger partial charge in [0.1, 0.15) is 6.33 Å². The van der Waals surface area contributed by atoms with E-state index >= 15 is 0 Å². The lowest BCUT2D eigenvalue weighted by Crippen LogP contribution is -2.35. The van der Waals surface area contributed by atoms with Crippen molar-refractivity contribution in [3.05, 3.63) is 36.2 Å². The minimum atomic E-state index is -1.35. The predicted octanol–water partition coefficient (Wildman–Crippen LogP) is 0.134. The second-order valence-corrected chi connectivity index (χ2v) is 4.06. The Labute approximate surface area is 101 Å². The van der Waals surface area contributed by atoms with Crippen LogP contribution in [-0.2, 0) is 11.4 Å². The third-order valence-corrected chi connectivity index (χ3v) is 2.63. The number of rotatable bonds is 4. The molecule has 1 unspecified atom stereocenters. The largest absolute Gasteiger partial charge is 0.393 e. The Hall–Kier alpha value is -1.60. The molecule has 0 saturated heterocycles. The van der Waals surface area contributed by atoms with Gasteiger partial charge >= 0.3 is 0 Å². The maximum Gasteiger partial charge on any atom is 0.167 e. The molecular formula is C9H8ClFN5O. The standard InChI is InChI=1S/C9H8ClFN5O/c10-9(5-17,16-6-13-14-15-16)4-8-7(11)2-1-3-12-8/h1,3,6,17H,4-5H2. The number of halogens is 2. The molecule has 8 heteroatoms. The first kappa shape index (κ1) is 11.9. The topological polar surface area (TPSA) is 76.7 Å². The molecule has 1 radical (unpaired) electrons. The van der Waals surface area contributed by atoms with E-state index in [0.717, 1.165) is 4.68 Å². The van der Waals surface area contributed by atoms with E-state index in [2.05, 4.69) is 26.6 Å². The summed E-state index contributed by atoms with van der Waals surface area (Å²) in [5.74, 6) is -0.612. The zero-order valence-electron chi connectivity index (χ0n) is 8.59. The van der Waals surface area contributed by atoms with Gasteiger partial charge in [0, 0.05) is 18.7 Å². The number of alkyl halides is 1. The summed E-state index contributed by atoms with van der Waals surface area (Å²) < 4.78 is 14.5. The smallest absolute Gasteiger partial charge is 0.167 e. The molecule has 2 rings (SSSR count). The van der Waals surface area contributed by atoms with Crippen LogP contribution in [-0.4, -0.2) is 36.9 Å². The third-order valence-electron chi connectivity index (χ3n) is 2.21. The van der Waals surface area contributed by atoms with Crippen molar-refractivity contribution in [1.29, 1.82) is 0 Å². The lowest BCUT2D eigenvalue weighted by Gasteiger charge is -2.23. The SMILES string of the molecule is OCC(Cl)(Cc1ncc[c]c1F)n1cnnn1.